The molecule has 0 fully saturated rings. The van der Waals surface area contributed by atoms with E-state index in [1.165, 1.54) is 18.2 Å². The van der Waals surface area contributed by atoms with Gasteiger partial charge in [0.05, 0.1) is 0 Å². The molecule has 0 aliphatic carbocycles. The third kappa shape index (κ3) is 3.50. The molecule has 0 aliphatic heterocycles. The Hall–Kier alpha value is -2.68. The number of allylic oxidation sites excluding steroid dienone is 4. The van der Waals surface area contributed by atoms with Crippen molar-refractivity contribution in [2.75, 3.05) is 0 Å². The second kappa shape index (κ2) is 6.39. The molecule has 0 saturated heterocycles. The number of phenols is 1. The first-order valence-electron chi connectivity index (χ1n) is 6.70. The van der Waals surface area contributed by atoms with E-state index in [0.717, 1.165) is 17.2 Å². The number of hydrogen-bond acceptors (Lipinski definition) is 1. The first-order chi connectivity index (χ1) is 10.4. The highest BCUT2D eigenvalue weighted by Gasteiger charge is 2.08. The first-order valence-corrected chi connectivity index (χ1v) is 6.70. The van der Waals surface area contributed by atoms with E-state index in [4.69, 9.17) is 0 Å². The van der Waals surface area contributed by atoms with Crippen LogP contribution in [0.5, 0.6) is 5.75 Å². The summed E-state index contributed by atoms with van der Waals surface area (Å²) < 4.78 is 26.6. The summed E-state index contributed by atoms with van der Waals surface area (Å²) in [6.45, 7) is 8.92. The highest BCUT2D eigenvalue weighted by atomic mass is 19.1. The van der Waals surface area contributed by atoms with Crippen LogP contribution in [-0.2, 0) is 0 Å². The van der Waals surface area contributed by atoms with Gasteiger partial charge in [-0.2, -0.15) is 0 Å². The van der Waals surface area contributed by atoms with Crippen LogP contribution in [0.25, 0.3) is 16.7 Å². The second-order valence-electron chi connectivity index (χ2n) is 5.00. The van der Waals surface area contributed by atoms with Crippen LogP contribution >= 0.6 is 0 Å². The summed E-state index contributed by atoms with van der Waals surface area (Å²) in [6.07, 6.45) is 2.79. The molecule has 0 aromatic heterocycles. The van der Waals surface area contributed by atoms with Gasteiger partial charge < -0.3 is 5.11 Å². The lowest BCUT2D eigenvalue weighted by Crippen LogP contribution is -1.89. The van der Waals surface area contributed by atoms with Gasteiger partial charge in [0, 0.05) is 11.6 Å². The number of phenolic OH excluding ortho intramolecular Hbond substituents is 1. The summed E-state index contributed by atoms with van der Waals surface area (Å²) in [4.78, 5) is 0. The summed E-state index contributed by atoms with van der Waals surface area (Å²) in [5.41, 5.74) is 3.50. The van der Waals surface area contributed by atoms with Crippen LogP contribution in [0.2, 0.25) is 0 Å². The summed E-state index contributed by atoms with van der Waals surface area (Å²) >= 11 is 0. The third-order valence-corrected chi connectivity index (χ3v) is 3.30. The molecule has 1 nitrogen and oxygen atoms in total. The van der Waals surface area contributed by atoms with Crippen molar-refractivity contribution in [3.05, 3.63) is 84.5 Å². The molecule has 2 aromatic rings. The van der Waals surface area contributed by atoms with Crippen LogP contribution in [0.15, 0.2) is 67.5 Å². The molecular formula is C19H16F2O. The number of benzene rings is 2. The number of aryl methyl sites for hydroxylation is 1. The normalized spacial score (nSPS) is 10.9. The monoisotopic (exact) mass is 298 g/mol. The van der Waals surface area contributed by atoms with E-state index in [-0.39, 0.29) is 5.75 Å². The SMILES string of the molecule is C=C(F)/C=C\C(=C)c1ccc(-c2ccc(O)cc2F)cc1C. The number of halogens is 2. The first kappa shape index (κ1) is 15.7. The molecular weight excluding hydrogens is 282 g/mol. The van der Waals surface area contributed by atoms with Crippen LogP contribution < -0.4 is 0 Å². The third-order valence-electron chi connectivity index (χ3n) is 3.30. The minimum Gasteiger partial charge on any atom is -0.508 e. The van der Waals surface area contributed by atoms with Crippen molar-refractivity contribution in [2.24, 2.45) is 0 Å². The van der Waals surface area contributed by atoms with Gasteiger partial charge in [-0.25, -0.2) is 8.78 Å². The second-order valence-corrected chi connectivity index (χ2v) is 5.00. The number of aromatic hydroxyl groups is 1. The van der Waals surface area contributed by atoms with Crippen molar-refractivity contribution >= 4 is 5.57 Å². The molecule has 0 spiro atoms. The van der Waals surface area contributed by atoms with Gasteiger partial charge in [-0.15, -0.1) is 0 Å². The quantitative estimate of drug-likeness (QED) is 0.733. The Kier molecular flexibility index (Phi) is 4.56. The van der Waals surface area contributed by atoms with Crippen LogP contribution in [0.1, 0.15) is 11.1 Å². The molecule has 22 heavy (non-hydrogen) atoms. The molecule has 0 heterocycles. The van der Waals surface area contributed by atoms with E-state index in [1.807, 2.05) is 19.1 Å². The van der Waals surface area contributed by atoms with E-state index in [2.05, 4.69) is 13.2 Å². The Morgan fingerprint density at radius 2 is 1.82 bits per heavy atom. The predicted octanol–water partition coefficient (Wildman–Crippen LogP) is 5.56. The van der Waals surface area contributed by atoms with Gasteiger partial charge in [0.2, 0.25) is 0 Å². The molecule has 1 N–H and O–H groups in total. The van der Waals surface area contributed by atoms with E-state index in [0.29, 0.717) is 16.7 Å². The molecule has 0 radical (unpaired) electrons. The van der Waals surface area contributed by atoms with Gasteiger partial charge in [-0.3, -0.25) is 0 Å². The molecule has 0 amide bonds. The highest BCUT2D eigenvalue weighted by Crippen LogP contribution is 2.29. The summed E-state index contributed by atoms with van der Waals surface area (Å²) in [7, 11) is 0. The van der Waals surface area contributed by atoms with Crippen LogP contribution in [0.4, 0.5) is 8.78 Å². The Balaban J connectivity index is 2.37. The van der Waals surface area contributed by atoms with Gasteiger partial charge in [0.15, 0.2) is 0 Å². The van der Waals surface area contributed by atoms with Crippen molar-refractivity contribution < 1.29 is 13.9 Å². The fraction of sp³-hybridized carbons (Fsp3) is 0.0526. The maximum atomic E-state index is 13.9. The van der Waals surface area contributed by atoms with E-state index >= 15 is 0 Å². The molecule has 0 atom stereocenters. The van der Waals surface area contributed by atoms with Gasteiger partial charge >= 0.3 is 0 Å². The largest absolute Gasteiger partial charge is 0.508 e. The molecule has 0 aliphatic rings. The molecule has 0 bridgehead atoms. The minimum atomic E-state index is -0.540. The zero-order chi connectivity index (χ0) is 16.3. The lowest BCUT2D eigenvalue weighted by Gasteiger charge is -2.10. The van der Waals surface area contributed by atoms with Crippen molar-refractivity contribution in [2.45, 2.75) is 6.92 Å². The zero-order valence-corrected chi connectivity index (χ0v) is 12.2. The molecule has 0 unspecified atom stereocenters. The summed E-state index contributed by atoms with van der Waals surface area (Å²) in [5, 5.41) is 9.26. The van der Waals surface area contributed by atoms with Gasteiger partial charge in [-0.05, 0) is 47.4 Å². The summed E-state index contributed by atoms with van der Waals surface area (Å²) in [6, 6.07) is 9.45. The zero-order valence-electron chi connectivity index (χ0n) is 12.2. The average Bonchev–Trinajstić information content (AvgIpc) is 2.44. The maximum absolute atomic E-state index is 13.9. The fourth-order valence-electron chi connectivity index (χ4n) is 2.21. The van der Waals surface area contributed by atoms with E-state index < -0.39 is 11.6 Å². The molecule has 0 saturated carbocycles. The molecule has 2 aromatic carbocycles. The standard InChI is InChI=1S/C19H16F2O/c1-12(4-5-14(3)20)17-8-6-15(10-13(17)2)18-9-7-16(22)11-19(18)21/h4-11,22H,1,3H2,2H3/b5-4-. The van der Waals surface area contributed by atoms with Crippen molar-refractivity contribution in [3.63, 3.8) is 0 Å². The smallest absolute Gasteiger partial charge is 0.134 e. The van der Waals surface area contributed by atoms with Gasteiger partial charge in [-0.1, -0.05) is 37.4 Å². The highest BCUT2D eigenvalue weighted by molar-refractivity contribution is 5.77. The number of hydrogen-bond donors (Lipinski definition) is 1. The minimum absolute atomic E-state index is 0.112. The Labute approximate surface area is 128 Å². The molecule has 2 rings (SSSR count). The van der Waals surface area contributed by atoms with Crippen LogP contribution in [0, 0.1) is 12.7 Å². The summed E-state index contributed by atoms with van der Waals surface area (Å²) in [5.74, 6) is -1.14. The Morgan fingerprint density at radius 1 is 1.09 bits per heavy atom. The van der Waals surface area contributed by atoms with Crippen LogP contribution in [0.3, 0.4) is 0 Å². The van der Waals surface area contributed by atoms with Gasteiger partial charge in [0.1, 0.15) is 17.4 Å². The Morgan fingerprint density at radius 3 is 2.41 bits per heavy atom. The van der Waals surface area contributed by atoms with Crippen molar-refractivity contribution in [3.8, 4) is 16.9 Å². The lowest BCUT2D eigenvalue weighted by atomic mass is 9.96. The van der Waals surface area contributed by atoms with Crippen LogP contribution in [-0.4, -0.2) is 5.11 Å². The number of rotatable bonds is 4. The van der Waals surface area contributed by atoms with Gasteiger partial charge in [0.25, 0.3) is 0 Å². The Bertz CT molecular complexity index is 773. The van der Waals surface area contributed by atoms with Crippen molar-refractivity contribution in [1.82, 2.24) is 0 Å². The molecule has 112 valence electrons. The topological polar surface area (TPSA) is 20.2 Å². The average molecular weight is 298 g/mol. The van der Waals surface area contributed by atoms with E-state index in [1.54, 1.807) is 12.1 Å². The molecule has 3 heteroatoms. The van der Waals surface area contributed by atoms with E-state index in [9.17, 15) is 13.9 Å². The fourth-order valence-corrected chi connectivity index (χ4v) is 2.21. The predicted molar refractivity (Wildman–Crippen MR) is 86.7 cm³/mol. The maximum Gasteiger partial charge on any atom is 0.134 e. The lowest BCUT2D eigenvalue weighted by molar-refractivity contribution is 0.469. The van der Waals surface area contributed by atoms with Crippen molar-refractivity contribution in [1.29, 1.82) is 0 Å².